The summed E-state index contributed by atoms with van der Waals surface area (Å²) in [7, 11) is 0. The van der Waals surface area contributed by atoms with Crippen LogP contribution in [0.15, 0.2) is 12.4 Å². The molecule has 2 N–H and O–H groups in total. The number of aromatic nitrogens is 2. The predicted octanol–water partition coefficient (Wildman–Crippen LogP) is 1.30. The lowest BCUT2D eigenvalue weighted by Crippen LogP contribution is -2.20. The second-order valence-corrected chi connectivity index (χ2v) is 4.18. The van der Waals surface area contributed by atoms with Crippen LogP contribution in [0.4, 0.5) is 5.82 Å². The van der Waals surface area contributed by atoms with Crippen molar-refractivity contribution >= 4 is 5.82 Å². The summed E-state index contributed by atoms with van der Waals surface area (Å²) in [5, 5.41) is 11.9. The van der Waals surface area contributed by atoms with E-state index in [9.17, 15) is 0 Å². The van der Waals surface area contributed by atoms with Crippen molar-refractivity contribution in [2.75, 3.05) is 18.5 Å². The molecule has 0 unspecified atom stereocenters. The number of ether oxygens (including phenoxy) is 1. The Kier molecular flexibility index (Phi) is 4.98. The first-order valence-corrected chi connectivity index (χ1v) is 5.44. The van der Waals surface area contributed by atoms with E-state index in [-0.39, 0.29) is 12.6 Å². The van der Waals surface area contributed by atoms with Gasteiger partial charge in [-0.3, -0.25) is 4.98 Å². The Morgan fingerprint density at radius 3 is 2.75 bits per heavy atom. The van der Waals surface area contributed by atoms with Crippen molar-refractivity contribution in [1.29, 1.82) is 0 Å². The molecule has 16 heavy (non-hydrogen) atoms. The topological polar surface area (TPSA) is 67.3 Å². The van der Waals surface area contributed by atoms with Crippen LogP contribution in [0.1, 0.15) is 20.8 Å². The smallest absolute Gasteiger partial charge is 0.234 e. The monoisotopic (exact) mass is 225 g/mol. The summed E-state index contributed by atoms with van der Waals surface area (Å²) in [5.41, 5.74) is 0. The lowest BCUT2D eigenvalue weighted by atomic mass is 10.2. The number of aliphatic hydroxyl groups excluding tert-OH is 1. The first-order chi connectivity index (χ1) is 7.61. The fraction of sp³-hybridized carbons (Fsp3) is 0.636. The highest BCUT2D eigenvalue weighted by Gasteiger charge is 2.04. The number of anilines is 1. The molecule has 1 aromatic rings. The minimum atomic E-state index is -0.0466. The lowest BCUT2D eigenvalue weighted by molar-refractivity contribution is 0.260. The van der Waals surface area contributed by atoms with Crippen LogP contribution in [-0.2, 0) is 0 Å². The molecule has 5 heteroatoms. The van der Waals surface area contributed by atoms with Gasteiger partial charge in [0, 0.05) is 6.04 Å². The van der Waals surface area contributed by atoms with Gasteiger partial charge in [0.2, 0.25) is 5.88 Å². The van der Waals surface area contributed by atoms with Crippen molar-refractivity contribution in [3.05, 3.63) is 12.4 Å². The van der Waals surface area contributed by atoms with Crippen LogP contribution in [0.2, 0.25) is 0 Å². The van der Waals surface area contributed by atoms with Crippen LogP contribution in [-0.4, -0.2) is 34.3 Å². The van der Waals surface area contributed by atoms with Gasteiger partial charge in [0.15, 0.2) is 0 Å². The molecule has 0 aliphatic carbocycles. The maximum Gasteiger partial charge on any atom is 0.234 e. The Morgan fingerprint density at radius 2 is 2.12 bits per heavy atom. The normalized spacial score (nSPS) is 12.6. The van der Waals surface area contributed by atoms with E-state index in [1.165, 1.54) is 0 Å². The van der Waals surface area contributed by atoms with Gasteiger partial charge >= 0.3 is 0 Å². The number of aliphatic hydroxyl groups is 1. The minimum absolute atomic E-state index is 0.0466. The summed E-state index contributed by atoms with van der Waals surface area (Å²) in [6.45, 7) is 6.68. The van der Waals surface area contributed by atoms with E-state index in [0.717, 1.165) is 0 Å². The van der Waals surface area contributed by atoms with Gasteiger partial charge in [0.25, 0.3) is 0 Å². The molecular weight excluding hydrogens is 206 g/mol. The van der Waals surface area contributed by atoms with Crippen molar-refractivity contribution in [3.63, 3.8) is 0 Å². The summed E-state index contributed by atoms with van der Waals surface area (Å²) in [6.07, 6.45) is 3.19. The van der Waals surface area contributed by atoms with Gasteiger partial charge in [-0.1, -0.05) is 13.8 Å². The number of nitrogens with zero attached hydrogens (tertiary/aromatic N) is 2. The molecule has 5 nitrogen and oxygen atoms in total. The molecule has 1 heterocycles. The first kappa shape index (κ1) is 12.7. The van der Waals surface area contributed by atoms with Crippen LogP contribution in [0.25, 0.3) is 0 Å². The largest absolute Gasteiger partial charge is 0.476 e. The summed E-state index contributed by atoms with van der Waals surface area (Å²) in [4.78, 5) is 8.24. The predicted molar refractivity (Wildman–Crippen MR) is 62.5 cm³/mol. The Hall–Kier alpha value is -1.36. The van der Waals surface area contributed by atoms with Crippen LogP contribution in [0.5, 0.6) is 5.88 Å². The Bertz CT molecular complexity index is 318. The molecule has 1 aromatic heterocycles. The molecule has 0 saturated heterocycles. The van der Waals surface area contributed by atoms with Gasteiger partial charge in [0.05, 0.1) is 25.6 Å². The van der Waals surface area contributed by atoms with E-state index < -0.39 is 0 Å². The quantitative estimate of drug-likeness (QED) is 0.764. The third kappa shape index (κ3) is 4.44. The third-order valence-corrected chi connectivity index (χ3v) is 1.85. The highest BCUT2D eigenvalue weighted by molar-refractivity contribution is 5.34. The Morgan fingerprint density at radius 1 is 1.38 bits per heavy atom. The zero-order valence-electron chi connectivity index (χ0n) is 9.97. The first-order valence-electron chi connectivity index (χ1n) is 5.44. The molecule has 0 fully saturated rings. The van der Waals surface area contributed by atoms with Gasteiger partial charge in [-0.25, -0.2) is 0 Å². The Balaban J connectivity index is 2.56. The van der Waals surface area contributed by atoms with Gasteiger partial charge in [-0.15, -0.1) is 0 Å². The highest BCUT2D eigenvalue weighted by Crippen LogP contribution is 2.10. The molecule has 1 rings (SSSR count). The van der Waals surface area contributed by atoms with Crippen molar-refractivity contribution in [2.24, 2.45) is 5.92 Å². The van der Waals surface area contributed by atoms with Crippen LogP contribution < -0.4 is 10.1 Å². The van der Waals surface area contributed by atoms with Crippen LogP contribution >= 0.6 is 0 Å². The summed E-state index contributed by atoms with van der Waals surface area (Å²) in [6, 6.07) is -0.0466. The molecule has 0 radical (unpaired) electrons. The molecule has 0 spiro atoms. The van der Waals surface area contributed by atoms with E-state index in [1.807, 2.05) is 6.92 Å². The van der Waals surface area contributed by atoms with Crippen molar-refractivity contribution in [2.45, 2.75) is 26.8 Å². The van der Waals surface area contributed by atoms with Gasteiger partial charge in [0.1, 0.15) is 5.82 Å². The van der Waals surface area contributed by atoms with E-state index in [0.29, 0.717) is 24.2 Å². The fourth-order valence-corrected chi connectivity index (χ4v) is 1.04. The van der Waals surface area contributed by atoms with Crippen LogP contribution in [0, 0.1) is 5.92 Å². The maximum atomic E-state index is 8.90. The van der Waals surface area contributed by atoms with Crippen molar-refractivity contribution in [3.8, 4) is 5.88 Å². The summed E-state index contributed by atoms with van der Waals surface area (Å²) >= 11 is 0. The summed E-state index contributed by atoms with van der Waals surface area (Å²) < 4.78 is 5.45. The average Bonchev–Trinajstić information content (AvgIpc) is 2.26. The van der Waals surface area contributed by atoms with Gasteiger partial charge < -0.3 is 15.2 Å². The maximum absolute atomic E-state index is 8.90. The zero-order chi connectivity index (χ0) is 12.0. The lowest BCUT2D eigenvalue weighted by Gasteiger charge is -2.12. The standard InChI is InChI=1S/C11H19N3O2/c1-8(2)7-16-11-5-12-4-10(14-11)13-9(3)6-15/h4-5,8-9,15H,6-7H2,1-3H3,(H,13,14)/t9-/m1/s1. The molecular formula is C11H19N3O2. The van der Waals surface area contributed by atoms with E-state index in [1.54, 1.807) is 12.4 Å². The second-order valence-electron chi connectivity index (χ2n) is 4.18. The highest BCUT2D eigenvalue weighted by atomic mass is 16.5. The van der Waals surface area contributed by atoms with E-state index >= 15 is 0 Å². The van der Waals surface area contributed by atoms with E-state index in [4.69, 9.17) is 9.84 Å². The number of rotatable bonds is 6. The second kappa shape index (κ2) is 6.27. The fourth-order valence-electron chi connectivity index (χ4n) is 1.04. The number of hydrogen-bond donors (Lipinski definition) is 2. The van der Waals surface area contributed by atoms with Crippen molar-refractivity contribution < 1.29 is 9.84 Å². The molecule has 90 valence electrons. The molecule has 0 aliphatic heterocycles. The molecule has 1 atom stereocenters. The van der Waals surface area contributed by atoms with Gasteiger partial charge in [-0.05, 0) is 12.8 Å². The van der Waals surface area contributed by atoms with E-state index in [2.05, 4.69) is 29.1 Å². The number of hydrogen-bond acceptors (Lipinski definition) is 5. The molecule has 0 saturated carbocycles. The van der Waals surface area contributed by atoms with Crippen molar-refractivity contribution in [1.82, 2.24) is 9.97 Å². The minimum Gasteiger partial charge on any atom is -0.476 e. The zero-order valence-corrected chi connectivity index (χ0v) is 9.97. The molecule has 0 bridgehead atoms. The number of nitrogens with one attached hydrogen (secondary N) is 1. The Labute approximate surface area is 95.9 Å². The SMILES string of the molecule is CC(C)COc1cncc(N[C@H](C)CO)n1. The van der Waals surface area contributed by atoms with Gasteiger partial charge in [-0.2, -0.15) is 4.98 Å². The average molecular weight is 225 g/mol. The van der Waals surface area contributed by atoms with Crippen LogP contribution in [0.3, 0.4) is 0 Å². The molecule has 0 aromatic carbocycles. The molecule has 0 amide bonds. The third-order valence-electron chi connectivity index (χ3n) is 1.85. The summed E-state index contributed by atoms with van der Waals surface area (Å²) in [5.74, 6) is 1.57. The molecule has 0 aliphatic rings.